The lowest BCUT2D eigenvalue weighted by Crippen LogP contribution is -2.43. The quantitative estimate of drug-likeness (QED) is 0.573. The summed E-state index contributed by atoms with van der Waals surface area (Å²) >= 11 is 5.84. The topological polar surface area (TPSA) is 75.6 Å². The molecule has 0 bridgehead atoms. The number of carbonyl (C=O) groups is 2. The van der Waals surface area contributed by atoms with Gasteiger partial charge in [-0.15, -0.1) is 0 Å². The van der Waals surface area contributed by atoms with Crippen LogP contribution < -0.4 is 5.32 Å². The van der Waals surface area contributed by atoms with Gasteiger partial charge in [-0.3, -0.25) is 4.79 Å². The van der Waals surface area contributed by atoms with Gasteiger partial charge in [-0.05, 0) is 41.0 Å². The third kappa shape index (κ3) is 4.96. The number of carbonyl (C=O) groups excluding carboxylic acids is 2. The summed E-state index contributed by atoms with van der Waals surface area (Å²) in [4.78, 5) is 24.6. The van der Waals surface area contributed by atoms with Gasteiger partial charge in [0.25, 0.3) is 5.91 Å². The molecule has 1 atom stereocenters. The summed E-state index contributed by atoms with van der Waals surface area (Å²) < 4.78 is 18.2. The molecule has 154 valence electrons. The van der Waals surface area contributed by atoms with E-state index in [0.717, 1.165) is 16.7 Å². The van der Waals surface area contributed by atoms with Crippen LogP contribution in [-0.4, -0.2) is 30.1 Å². The number of nitrogens with one attached hydrogen (secondary N) is 1. The molecule has 0 unspecified atom stereocenters. The second kappa shape index (κ2) is 9.41. The van der Waals surface area contributed by atoms with Gasteiger partial charge in [0.05, 0.1) is 17.7 Å². The summed E-state index contributed by atoms with van der Waals surface area (Å²) in [6, 6.07) is 16.8. The van der Waals surface area contributed by atoms with Crippen LogP contribution in [0, 0.1) is 5.82 Å². The molecule has 3 rings (SSSR count). The largest absolute Gasteiger partial charge is 0.507 e. The van der Waals surface area contributed by atoms with Gasteiger partial charge in [-0.25, -0.2) is 9.18 Å². The van der Waals surface area contributed by atoms with Crippen LogP contribution in [0.1, 0.15) is 15.9 Å². The molecule has 0 spiro atoms. The Morgan fingerprint density at radius 3 is 2.37 bits per heavy atom. The molecule has 0 aliphatic heterocycles. The summed E-state index contributed by atoms with van der Waals surface area (Å²) in [5, 5.41) is 12.5. The predicted molar refractivity (Wildman–Crippen MR) is 112 cm³/mol. The molecule has 0 fully saturated rings. The maximum absolute atomic E-state index is 13.4. The number of aromatic hydroxyl groups is 1. The smallest absolute Gasteiger partial charge is 0.328 e. The summed E-state index contributed by atoms with van der Waals surface area (Å²) in [5.41, 5.74) is 2.42. The van der Waals surface area contributed by atoms with Crippen molar-refractivity contribution in [2.45, 2.75) is 12.5 Å². The third-order valence-corrected chi connectivity index (χ3v) is 4.88. The van der Waals surface area contributed by atoms with Crippen LogP contribution in [-0.2, 0) is 16.0 Å². The molecule has 0 aliphatic carbocycles. The van der Waals surface area contributed by atoms with E-state index in [9.17, 15) is 19.1 Å². The van der Waals surface area contributed by atoms with Gasteiger partial charge < -0.3 is 15.2 Å². The van der Waals surface area contributed by atoms with Gasteiger partial charge in [0, 0.05) is 6.42 Å². The number of halogens is 2. The molecular formula is C23H19ClFNO4. The van der Waals surface area contributed by atoms with Crippen LogP contribution in [0.15, 0.2) is 66.7 Å². The highest BCUT2D eigenvalue weighted by Gasteiger charge is 2.23. The zero-order valence-corrected chi connectivity index (χ0v) is 16.8. The molecule has 3 aromatic carbocycles. The molecule has 5 nitrogen and oxygen atoms in total. The van der Waals surface area contributed by atoms with E-state index in [2.05, 4.69) is 5.32 Å². The minimum Gasteiger partial charge on any atom is -0.507 e. The van der Waals surface area contributed by atoms with Gasteiger partial charge in [0.1, 0.15) is 17.6 Å². The monoisotopic (exact) mass is 427 g/mol. The van der Waals surface area contributed by atoms with Crippen LogP contribution >= 0.6 is 11.6 Å². The van der Waals surface area contributed by atoms with Crippen molar-refractivity contribution >= 4 is 23.5 Å². The fourth-order valence-corrected chi connectivity index (χ4v) is 3.16. The number of benzene rings is 3. The first-order chi connectivity index (χ1) is 14.4. The average Bonchev–Trinajstić information content (AvgIpc) is 2.75. The molecular weight excluding hydrogens is 409 g/mol. The Morgan fingerprint density at radius 2 is 1.73 bits per heavy atom. The van der Waals surface area contributed by atoms with E-state index in [1.807, 2.05) is 12.1 Å². The second-order valence-electron chi connectivity index (χ2n) is 6.60. The normalized spacial score (nSPS) is 11.6. The molecule has 7 heteroatoms. The Balaban J connectivity index is 1.76. The third-order valence-electron chi connectivity index (χ3n) is 4.59. The standard InChI is InChI=1S/C23H19ClFNO4/c1-30-23(29)20(26-22(28)17-4-2-3-5-21(17)27)12-14-6-8-15(9-7-14)16-10-11-19(25)18(24)13-16/h2-11,13,20,27H,12H2,1H3,(H,26,28)/t20-/m1/s1. The number of methoxy groups -OCH3 is 1. The molecule has 2 N–H and O–H groups in total. The van der Waals surface area contributed by atoms with E-state index in [-0.39, 0.29) is 22.8 Å². The zero-order valence-electron chi connectivity index (χ0n) is 16.1. The van der Waals surface area contributed by atoms with E-state index in [4.69, 9.17) is 16.3 Å². The van der Waals surface area contributed by atoms with Crippen molar-refractivity contribution in [3.63, 3.8) is 0 Å². The predicted octanol–water partition coefficient (Wildman–Crippen LogP) is 4.37. The molecule has 0 heterocycles. The Kier molecular flexibility index (Phi) is 6.69. The number of hydrogen-bond acceptors (Lipinski definition) is 4. The molecule has 1 amide bonds. The van der Waals surface area contributed by atoms with E-state index < -0.39 is 23.7 Å². The minimum absolute atomic E-state index is 0.0363. The van der Waals surface area contributed by atoms with Gasteiger partial charge in [0.15, 0.2) is 0 Å². The van der Waals surface area contributed by atoms with Crippen molar-refractivity contribution in [1.29, 1.82) is 0 Å². The SMILES string of the molecule is COC(=O)[C@@H](Cc1ccc(-c2ccc(F)c(Cl)c2)cc1)NC(=O)c1ccccc1O. The van der Waals surface area contributed by atoms with Crippen molar-refractivity contribution in [2.24, 2.45) is 0 Å². The number of rotatable bonds is 6. The summed E-state index contributed by atoms with van der Waals surface area (Å²) in [6.45, 7) is 0. The lowest BCUT2D eigenvalue weighted by molar-refractivity contribution is -0.142. The first kappa shape index (κ1) is 21.3. The molecule has 0 saturated heterocycles. The Morgan fingerprint density at radius 1 is 1.07 bits per heavy atom. The van der Waals surface area contributed by atoms with E-state index >= 15 is 0 Å². The maximum atomic E-state index is 13.4. The number of ether oxygens (including phenoxy) is 1. The molecule has 30 heavy (non-hydrogen) atoms. The summed E-state index contributed by atoms with van der Waals surface area (Å²) in [7, 11) is 1.24. The van der Waals surface area contributed by atoms with Crippen molar-refractivity contribution in [3.8, 4) is 16.9 Å². The van der Waals surface area contributed by atoms with Crippen LogP contribution in [0.3, 0.4) is 0 Å². The van der Waals surface area contributed by atoms with Crippen LogP contribution in [0.5, 0.6) is 5.75 Å². The summed E-state index contributed by atoms with van der Waals surface area (Å²) in [5.74, 6) is -1.85. The van der Waals surface area contributed by atoms with Gasteiger partial charge in [0.2, 0.25) is 0 Å². The lowest BCUT2D eigenvalue weighted by atomic mass is 10.0. The number of phenols is 1. The summed E-state index contributed by atoms with van der Waals surface area (Å²) in [6.07, 6.45) is 0.191. The van der Waals surface area contributed by atoms with Crippen molar-refractivity contribution in [3.05, 3.63) is 88.7 Å². The highest BCUT2D eigenvalue weighted by atomic mass is 35.5. The van der Waals surface area contributed by atoms with Crippen molar-refractivity contribution < 1.29 is 23.8 Å². The highest BCUT2D eigenvalue weighted by Crippen LogP contribution is 2.25. The number of hydrogen-bond donors (Lipinski definition) is 2. The second-order valence-corrected chi connectivity index (χ2v) is 7.00. The van der Waals surface area contributed by atoms with E-state index in [0.29, 0.717) is 0 Å². The molecule has 0 radical (unpaired) electrons. The van der Waals surface area contributed by atoms with E-state index in [1.165, 1.54) is 31.4 Å². The lowest BCUT2D eigenvalue weighted by Gasteiger charge is -2.17. The zero-order chi connectivity index (χ0) is 21.7. The number of phenolic OH excluding ortho intramolecular Hbond substituents is 1. The van der Waals surface area contributed by atoms with Gasteiger partial charge in [-0.1, -0.05) is 54.1 Å². The Bertz CT molecular complexity index is 1070. The van der Waals surface area contributed by atoms with Crippen LogP contribution in [0.2, 0.25) is 5.02 Å². The fraction of sp³-hybridized carbons (Fsp3) is 0.130. The van der Waals surface area contributed by atoms with E-state index in [1.54, 1.807) is 30.3 Å². The molecule has 0 aliphatic rings. The number of amides is 1. The Hall–Kier alpha value is -3.38. The van der Waals surface area contributed by atoms with Gasteiger partial charge >= 0.3 is 5.97 Å². The average molecular weight is 428 g/mol. The highest BCUT2D eigenvalue weighted by molar-refractivity contribution is 6.31. The molecule has 0 aromatic heterocycles. The molecule has 0 saturated carbocycles. The van der Waals surface area contributed by atoms with Crippen LogP contribution in [0.4, 0.5) is 4.39 Å². The minimum atomic E-state index is -0.937. The number of esters is 1. The maximum Gasteiger partial charge on any atom is 0.328 e. The first-order valence-electron chi connectivity index (χ1n) is 9.10. The first-order valence-corrected chi connectivity index (χ1v) is 9.48. The van der Waals surface area contributed by atoms with Crippen LogP contribution in [0.25, 0.3) is 11.1 Å². The molecule has 3 aromatic rings. The van der Waals surface area contributed by atoms with Crippen molar-refractivity contribution in [1.82, 2.24) is 5.32 Å². The Labute approximate surface area is 178 Å². The fourth-order valence-electron chi connectivity index (χ4n) is 2.98. The number of para-hydroxylation sites is 1. The van der Waals surface area contributed by atoms with Crippen molar-refractivity contribution in [2.75, 3.05) is 7.11 Å². The van der Waals surface area contributed by atoms with Gasteiger partial charge in [-0.2, -0.15) is 0 Å².